The number of thioether (sulfide) groups is 1. The summed E-state index contributed by atoms with van der Waals surface area (Å²) in [5.41, 5.74) is 2.08. The van der Waals surface area contributed by atoms with Gasteiger partial charge in [0, 0.05) is 16.3 Å². The van der Waals surface area contributed by atoms with Gasteiger partial charge in [0.1, 0.15) is 10.8 Å². The van der Waals surface area contributed by atoms with Gasteiger partial charge < -0.3 is 5.32 Å². The summed E-state index contributed by atoms with van der Waals surface area (Å²) >= 11 is 7.16. The lowest BCUT2D eigenvalue weighted by Crippen LogP contribution is -2.14. The molecular weight excluding hydrogens is 361 g/mol. The third kappa shape index (κ3) is 5.01. The molecular formula is C18H13ClFN3OS. The molecule has 3 rings (SSSR count). The molecule has 0 saturated carbocycles. The first-order chi connectivity index (χ1) is 12.1. The monoisotopic (exact) mass is 373 g/mol. The van der Waals surface area contributed by atoms with Crippen LogP contribution in [0.15, 0.2) is 65.7 Å². The van der Waals surface area contributed by atoms with Gasteiger partial charge in [-0.25, -0.2) is 4.39 Å². The van der Waals surface area contributed by atoms with E-state index < -0.39 is 0 Å². The van der Waals surface area contributed by atoms with Crippen LogP contribution in [0, 0.1) is 5.82 Å². The lowest BCUT2D eigenvalue weighted by molar-refractivity contribution is -0.113. The molecule has 0 aliphatic rings. The van der Waals surface area contributed by atoms with Crippen molar-refractivity contribution in [1.82, 2.24) is 10.2 Å². The third-order valence-corrected chi connectivity index (χ3v) is 4.39. The van der Waals surface area contributed by atoms with Crippen LogP contribution in [0.25, 0.3) is 11.3 Å². The van der Waals surface area contributed by atoms with Gasteiger partial charge in [0.15, 0.2) is 0 Å². The van der Waals surface area contributed by atoms with Crippen molar-refractivity contribution in [1.29, 1.82) is 0 Å². The number of hydrogen-bond donors (Lipinski definition) is 1. The predicted octanol–water partition coefficient (Wildman–Crippen LogP) is 4.67. The van der Waals surface area contributed by atoms with Crippen molar-refractivity contribution in [3.63, 3.8) is 0 Å². The molecule has 0 atom stereocenters. The maximum Gasteiger partial charge on any atom is 0.234 e. The summed E-state index contributed by atoms with van der Waals surface area (Å²) in [7, 11) is 0. The summed E-state index contributed by atoms with van der Waals surface area (Å²) < 4.78 is 12.9. The largest absolute Gasteiger partial charge is 0.325 e. The molecule has 126 valence electrons. The lowest BCUT2D eigenvalue weighted by atomic mass is 10.1. The Morgan fingerprint density at radius 3 is 2.56 bits per heavy atom. The first-order valence-electron chi connectivity index (χ1n) is 7.38. The normalized spacial score (nSPS) is 10.5. The average molecular weight is 374 g/mol. The number of halogens is 2. The van der Waals surface area contributed by atoms with Crippen molar-refractivity contribution in [3.05, 3.63) is 71.5 Å². The quantitative estimate of drug-likeness (QED) is 0.660. The minimum absolute atomic E-state index is 0.156. The number of amides is 1. The molecule has 7 heteroatoms. The highest BCUT2D eigenvalue weighted by Crippen LogP contribution is 2.21. The second-order valence-electron chi connectivity index (χ2n) is 5.11. The second-order valence-corrected chi connectivity index (χ2v) is 6.54. The molecule has 2 aromatic carbocycles. The van der Waals surface area contributed by atoms with E-state index in [0.717, 1.165) is 5.56 Å². The molecule has 0 spiro atoms. The zero-order chi connectivity index (χ0) is 17.6. The van der Waals surface area contributed by atoms with Crippen LogP contribution in [0.1, 0.15) is 0 Å². The molecule has 4 nitrogen and oxygen atoms in total. The molecule has 1 N–H and O–H groups in total. The minimum Gasteiger partial charge on any atom is -0.325 e. The first kappa shape index (κ1) is 17.4. The highest BCUT2D eigenvalue weighted by molar-refractivity contribution is 7.99. The topological polar surface area (TPSA) is 54.9 Å². The highest BCUT2D eigenvalue weighted by atomic mass is 35.5. The van der Waals surface area contributed by atoms with Crippen LogP contribution in [0.4, 0.5) is 10.1 Å². The van der Waals surface area contributed by atoms with E-state index in [1.54, 1.807) is 48.5 Å². The number of aromatic nitrogens is 2. The Bertz CT molecular complexity index is 872. The standard InChI is InChI=1S/C18H13ClFN3OS/c19-13-2-1-3-15(10-13)21-17(24)11-25-18-9-8-16(22-23-18)12-4-6-14(20)7-5-12/h1-10H,11H2,(H,21,24). The van der Waals surface area contributed by atoms with Crippen molar-refractivity contribution in [2.45, 2.75) is 5.03 Å². The third-order valence-electron chi connectivity index (χ3n) is 3.24. The van der Waals surface area contributed by atoms with Crippen molar-refractivity contribution in [2.75, 3.05) is 11.1 Å². The van der Waals surface area contributed by atoms with E-state index in [1.807, 2.05) is 0 Å². The number of anilines is 1. The van der Waals surface area contributed by atoms with Crippen LogP contribution in [0.5, 0.6) is 0 Å². The van der Waals surface area contributed by atoms with Gasteiger partial charge in [0.25, 0.3) is 0 Å². The van der Waals surface area contributed by atoms with Gasteiger partial charge in [-0.1, -0.05) is 29.4 Å². The molecule has 25 heavy (non-hydrogen) atoms. The van der Waals surface area contributed by atoms with E-state index in [0.29, 0.717) is 21.4 Å². The molecule has 0 bridgehead atoms. The number of rotatable bonds is 5. The molecule has 0 aliphatic carbocycles. The second kappa shape index (κ2) is 8.09. The van der Waals surface area contributed by atoms with Crippen molar-refractivity contribution in [2.24, 2.45) is 0 Å². The molecule has 1 amide bonds. The Balaban J connectivity index is 1.56. The number of hydrogen-bond acceptors (Lipinski definition) is 4. The van der Waals surface area contributed by atoms with E-state index >= 15 is 0 Å². The van der Waals surface area contributed by atoms with Crippen LogP contribution < -0.4 is 5.32 Å². The van der Waals surface area contributed by atoms with Crippen LogP contribution in [0.2, 0.25) is 5.02 Å². The SMILES string of the molecule is O=C(CSc1ccc(-c2ccc(F)cc2)nn1)Nc1cccc(Cl)c1. The fraction of sp³-hybridized carbons (Fsp3) is 0.0556. The van der Waals surface area contributed by atoms with Crippen LogP contribution >= 0.6 is 23.4 Å². The van der Waals surface area contributed by atoms with Gasteiger partial charge in [0.05, 0.1) is 11.4 Å². The van der Waals surface area contributed by atoms with E-state index in [2.05, 4.69) is 15.5 Å². The van der Waals surface area contributed by atoms with Crippen LogP contribution in [-0.2, 0) is 4.79 Å². The van der Waals surface area contributed by atoms with E-state index in [9.17, 15) is 9.18 Å². The maximum absolute atomic E-state index is 12.9. The summed E-state index contributed by atoms with van der Waals surface area (Å²) in [6.45, 7) is 0. The van der Waals surface area contributed by atoms with Gasteiger partial charge in [-0.2, -0.15) is 0 Å². The molecule has 0 aliphatic heterocycles. The average Bonchev–Trinajstić information content (AvgIpc) is 2.61. The van der Waals surface area contributed by atoms with Crippen molar-refractivity contribution >= 4 is 35.0 Å². The first-order valence-corrected chi connectivity index (χ1v) is 8.74. The van der Waals surface area contributed by atoms with Gasteiger partial charge in [-0.3, -0.25) is 4.79 Å². The van der Waals surface area contributed by atoms with Crippen LogP contribution in [-0.4, -0.2) is 21.9 Å². The molecule has 1 heterocycles. The number of carbonyl (C=O) groups is 1. The summed E-state index contributed by atoms with van der Waals surface area (Å²) in [4.78, 5) is 12.0. The van der Waals surface area contributed by atoms with Crippen molar-refractivity contribution < 1.29 is 9.18 Å². The van der Waals surface area contributed by atoms with E-state index in [4.69, 9.17) is 11.6 Å². The summed E-state index contributed by atoms with van der Waals surface area (Å²) in [6, 6.07) is 16.6. The maximum atomic E-state index is 12.9. The highest BCUT2D eigenvalue weighted by Gasteiger charge is 2.06. The van der Waals surface area contributed by atoms with E-state index in [-0.39, 0.29) is 17.5 Å². The molecule has 0 saturated heterocycles. The minimum atomic E-state index is -0.297. The molecule has 1 aromatic heterocycles. The zero-order valence-electron chi connectivity index (χ0n) is 12.9. The molecule has 3 aromatic rings. The summed E-state index contributed by atoms with van der Waals surface area (Å²) in [6.07, 6.45) is 0. The van der Waals surface area contributed by atoms with Crippen LogP contribution in [0.3, 0.4) is 0 Å². The van der Waals surface area contributed by atoms with Gasteiger partial charge in [-0.15, -0.1) is 10.2 Å². The predicted molar refractivity (Wildman–Crippen MR) is 98.2 cm³/mol. The fourth-order valence-electron chi connectivity index (χ4n) is 2.07. The number of benzene rings is 2. The van der Waals surface area contributed by atoms with Gasteiger partial charge >= 0.3 is 0 Å². The Morgan fingerprint density at radius 1 is 1.08 bits per heavy atom. The molecule has 0 unspecified atom stereocenters. The smallest absolute Gasteiger partial charge is 0.234 e. The number of nitrogens with one attached hydrogen (secondary N) is 1. The number of carbonyl (C=O) groups excluding carboxylic acids is 1. The Labute approximate surface area is 153 Å². The zero-order valence-corrected chi connectivity index (χ0v) is 14.5. The Kier molecular flexibility index (Phi) is 5.63. The van der Waals surface area contributed by atoms with Gasteiger partial charge in [-0.05, 0) is 54.6 Å². The van der Waals surface area contributed by atoms with E-state index in [1.165, 1.54) is 23.9 Å². The summed E-state index contributed by atoms with van der Waals surface area (Å²) in [5.74, 6) is -0.247. The lowest BCUT2D eigenvalue weighted by Gasteiger charge is -2.05. The Hall–Kier alpha value is -2.44. The Morgan fingerprint density at radius 2 is 1.88 bits per heavy atom. The number of nitrogens with zero attached hydrogens (tertiary/aromatic N) is 2. The molecule has 0 radical (unpaired) electrons. The van der Waals surface area contributed by atoms with Crippen molar-refractivity contribution in [3.8, 4) is 11.3 Å². The summed E-state index contributed by atoms with van der Waals surface area (Å²) in [5, 5.41) is 12.2. The fourth-order valence-corrected chi connectivity index (χ4v) is 2.88. The molecule has 0 fully saturated rings. The van der Waals surface area contributed by atoms with Gasteiger partial charge in [0.2, 0.25) is 5.91 Å².